The molecule has 0 saturated carbocycles. The van der Waals surface area contributed by atoms with Gasteiger partial charge in [-0.3, -0.25) is 9.48 Å². The molecular formula is C20H18ClN5O2. The van der Waals surface area contributed by atoms with E-state index in [0.29, 0.717) is 44.5 Å². The van der Waals surface area contributed by atoms with Gasteiger partial charge in [-0.1, -0.05) is 22.8 Å². The lowest BCUT2D eigenvalue weighted by molar-refractivity contribution is 0.102. The first kappa shape index (κ1) is 18.2. The van der Waals surface area contributed by atoms with Crippen LogP contribution in [0, 0.1) is 13.8 Å². The van der Waals surface area contributed by atoms with Gasteiger partial charge in [0, 0.05) is 23.5 Å². The maximum absolute atomic E-state index is 13.0. The van der Waals surface area contributed by atoms with E-state index < -0.39 is 0 Å². The van der Waals surface area contributed by atoms with Crippen molar-refractivity contribution in [1.82, 2.24) is 19.9 Å². The number of carbonyl (C=O) groups excluding carboxylic acids is 1. The van der Waals surface area contributed by atoms with Gasteiger partial charge in [0.25, 0.3) is 11.6 Å². The molecule has 3 heterocycles. The molecule has 28 heavy (non-hydrogen) atoms. The van der Waals surface area contributed by atoms with E-state index in [-0.39, 0.29) is 5.91 Å². The summed E-state index contributed by atoms with van der Waals surface area (Å²) in [6.07, 6.45) is 1.86. The van der Waals surface area contributed by atoms with Crippen LogP contribution in [-0.2, 0) is 6.54 Å². The molecule has 0 aliphatic rings. The predicted octanol–water partition coefficient (Wildman–Crippen LogP) is 4.63. The van der Waals surface area contributed by atoms with Crippen LogP contribution in [0.5, 0.6) is 0 Å². The number of halogens is 1. The lowest BCUT2D eigenvalue weighted by Gasteiger charge is -2.09. The largest absolute Gasteiger partial charge is 0.335 e. The Balaban J connectivity index is 1.78. The number of benzene rings is 1. The van der Waals surface area contributed by atoms with Gasteiger partial charge in [0.05, 0.1) is 22.3 Å². The van der Waals surface area contributed by atoms with Crippen LogP contribution in [0.15, 0.2) is 41.1 Å². The highest BCUT2D eigenvalue weighted by Gasteiger charge is 2.20. The highest BCUT2D eigenvalue weighted by Crippen LogP contribution is 2.27. The highest BCUT2D eigenvalue weighted by molar-refractivity contribution is 6.31. The number of nitrogens with zero attached hydrogens (tertiary/aromatic N) is 4. The quantitative estimate of drug-likeness (QED) is 0.544. The lowest BCUT2D eigenvalue weighted by Crippen LogP contribution is -2.13. The van der Waals surface area contributed by atoms with Gasteiger partial charge in [0.1, 0.15) is 5.69 Å². The standard InChI is InChI=1S/C20H18ClN5O2/c1-4-26-8-7-16(24-26)17-10-14(18-12(3)25-28-20(18)23-17)19(27)22-13-6-5-11(2)15(21)9-13/h5-10H,4H2,1-3H3,(H,22,27). The molecule has 142 valence electrons. The number of carbonyl (C=O) groups is 1. The molecule has 8 heteroatoms. The smallest absolute Gasteiger partial charge is 0.259 e. The van der Waals surface area contributed by atoms with Crippen molar-refractivity contribution in [3.63, 3.8) is 0 Å². The Bertz CT molecular complexity index is 1190. The van der Waals surface area contributed by atoms with Gasteiger partial charge in [-0.2, -0.15) is 5.10 Å². The molecule has 0 radical (unpaired) electrons. The molecule has 0 aliphatic heterocycles. The minimum atomic E-state index is -0.296. The fraction of sp³-hybridized carbons (Fsp3) is 0.200. The zero-order valence-corrected chi connectivity index (χ0v) is 16.4. The maximum atomic E-state index is 13.0. The second-order valence-electron chi connectivity index (χ2n) is 6.48. The van der Waals surface area contributed by atoms with Gasteiger partial charge in [0.2, 0.25) is 0 Å². The van der Waals surface area contributed by atoms with E-state index in [4.69, 9.17) is 16.1 Å². The van der Waals surface area contributed by atoms with Gasteiger partial charge in [-0.05, 0) is 50.6 Å². The third kappa shape index (κ3) is 3.25. The van der Waals surface area contributed by atoms with Crippen LogP contribution in [0.4, 0.5) is 5.69 Å². The van der Waals surface area contributed by atoms with Crippen LogP contribution in [0.2, 0.25) is 5.02 Å². The van der Waals surface area contributed by atoms with Gasteiger partial charge >= 0.3 is 0 Å². The van der Waals surface area contributed by atoms with E-state index >= 15 is 0 Å². The molecule has 4 rings (SSSR count). The van der Waals surface area contributed by atoms with Gasteiger partial charge < -0.3 is 9.84 Å². The van der Waals surface area contributed by atoms with E-state index in [1.54, 1.807) is 23.7 Å². The first-order chi connectivity index (χ1) is 13.5. The van der Waals surface area contributed by atoms with Crippen molar-refractivity contribution in [2.75, 3.05) is 5.32 Å². The summed E-state index contributed by atoms with van der Waals surface area (Å²) in [5.74, 6) is -0.296. The zero-order chi connectivity index (χ0) is 19.8. The monoisotopic (exact) mass is 395 g/mol. The van der Waals surface area contributed by atoms with Crippen LogP contribution >= 0.6 is 11.6 Å². The van der Waals surface area contributed by atoms with Crippen LogP contribution < -0.4 is 5.32 Å². The number of amides is 1. The van der Waals surface area contributed by atoms with Crippen LogP contribution in [0.3, 0.4) is 0 Å². The number of fused-ring (bicyclic) bond motifs is 1. The van der Waals surface area contributed by atoms with E-state index in [1.807, 2.05) is 38.2 Å². The summed E-state index contributed by atoms with van der Waals surface area (Å²) in [7, 11) is 0. The molecule has 0 bridgehead atoms. The number of anilines is 1. The Labute approximate surface area is 166 Å². The number of hydrogen-bond donors (Lipinski definition) is 1. The maximum Gasteiger partial charge on any atom is 0.259 e. The SMILES string of the molecule is CCn1ccc(-c2cc(C(=O)Nc3ccc(C)c(Cl)c3)c3c(C)noc3n2)n1. The number of hydrogen-bond acceptors (Lipinski definition) is 5. The van der Waals surface area contributed by atoms with Crippen molar-refractivity contribution >= 4 is 34.3 Å². The first-order valence-corrected chi connectivity index (χ1v) is 9.22. The van der Waals surface area contributed by atoms with Crippen molar-refractivity contribution < 1.29 is 9.32 Å². The Hall–Kier alpha value is -3.19. The number of rotatable bonds is 4. The van der Waals surface area contributed by atoms with Crippen LogP contribution in [0.1, 0.15) is 28.5 Å². The van der Waals surface area contributed by atoms with Crippen molar-refractivity contribution in [2.24, 2.45) is 0 Å². The molecular weight excluding hydrogens is 378 g/mol. The molecule has 1 N–H and O–H groups in total. The second kappa shape index (κ2) is 7.09. The summed E-state index contributed by atoms with van der Waals surface area (Å²) in [4.78, 5) is 17.5. The zero-order valence-electron chi connectivity index (χ0n) is 15.7. The molecule has 0 unspecified atom stereocenters. The molecule has 0 fully saturated rings. The summed E-state index contributed by atoms with van der Waals surface area (Å²) in [6, 6.07) is 8.94. The lowest BCUT2D eigenvalue weighted by atomic mass is 10.1. The van der Waals surface area contributed by atoms with Gasteiger partial charge in [0.15, 0.2) is 0 Å². The summed E-state index contributed by atoms with van der Waals surface area (Å²) >= 11 is 6.17. The molecule has 0 spiro atoms. The van der Waals surface area contributed by atoms with E-state index in [2.05, 4.69) is 20.6 Å². The number of pyridine rings is 1. The third-order valence-electron chi connectivity index (χ3n) is 4.52. The molecule has 7 nitrogen and oxygen atoms in total. The molecule has 0 aliphatic carbocycles. The Morgan fingerprint density at radius 3 is 2.75 bits per heavy atom. The number of nitrogens with one attached hydrogen (secondary N) is 1. The van der Waals surface area contributed by atoms with Crippen molar-refractivity contribution in [3.8, 4) is 11.4 Å². The fourth-order valence-electron chi connectivity index (χ4n) is 2.95. The summed E-state index contributed by atoms with van der Waals surface area (Å²) in [5.41, 5.74) is 4.06. The highest BCUT2D eigenvalue weighted by atomic mass is 35.5. The summed E-state index contributed by atoms with van der Waals surface area (Å²) in [6.45, 7) is 6.42. The van der Waals surface area contributed by atoms with E-state index in [9.17, 15) is 4.79 Å². The molecule has 1 amide bonds. The fourth-order valence-corrected chi connectivity index (χ4v) is 3.13. The van der Waals surface area contributed by atoms with E-state index in [0.717, 1.165) is 12.1 Å². The topological polar surface area (TPSA) is 85.8 Å². The van der Waals surface area contributed by atoms with Crippen LogP contribution in [0.25, 0.3) is 22.5 Å². The van der Waals surface area contributed by atoms with Crippen molar-refractivity contribution in [3.05, 3.63) is 58.4 Å². The Morgan fingerprint density at radius 1 is 1.21 bits per heavy atom. The average Bonchev–Trinajstić information content (AvgIpc) is 3.31. The molecule has 3 aromatic heterocycles. The number of aryl methyl sites for hydroxylation is 3. The summed E-state index contributed by atoms with van der Waals surface area (Å²) in [5, 5.41) is 12.5. The van der Waals surface area contributed by atoms with E-state index in [1.165, 1.54) is 0 Å². The normalized spacial score (nSPS) is 11.1. The second-order valence-corrected chi connectivity index (χ2v) is 6.89. The molecule has 4 aromatic rings. The molecule has 0 atom stereocenters. The predicted molar refractivity (Wildman–Crippen MR) is 108 cm³/mol. The minimum absolute atomic E-state index is 0.296. The molecule has 1 aromatic carbocycles. The third-order valence-corrected chi connectivity index (χ3v) is 4.93. The number of aromatic nitrogens is 4. The van der Waals surface area contributed by atoms with Gasteiger partial charge in [-0.25, -0.2) is 4.98 Å². The van der Waals surface area contributed by atoms with Crippen LogP contribution in [-0.4, -0.2) is 25.8 Å². The van der Waals surface area contributed by atoms with Gasteiger partial charge in [-0.15, -0.1) is 0 Å². The minimum Gasteiger partial charge on any atom is -0.335 e. The Morgan fingerprint density at radius 2 is 2.04 bits per heavy atom. The molecule has 0 saturated heterocycles. The van der Waals surface area contributed by atoms with Crippen molar-refractivity contribution in [1.29, 1.82) is 0 Å². The van der Waals surface area contributed by atoms with Crippen molar-refractivity contribution in [2.45, 2.75) is 27.3 Å². The Kier molecular flexibility index (Phi) is 4.60. The first-order valence-electron chi connectivity index (χ1n) is 8.84. The summed E-state index contributed by atoms with van der Waals surface area (Å²) < 4.78 is 7.12. The average molecular weight is 396 g/mol.